The van der Waals surface area contributed by atoms with Gasteiger partial charge in [-0.1, -0.05) is 42.1 Å². The summed E-state index contributed by atoms with van der Waals surface area (Å²) in [5.74, 6) is 1.51. The molecular formula is C23H26N4O3S. The number of carbonyl (C=O) groups is 1. The maximum atomic E-state index is 12.3. The lowest BCUT2D eigenvalue weighted by atomic mass is 10.3. The summed E-state index contributed by atoms with van der Waals surface area (Å²) in [6, 6.07) is 17.6. The van der Waals surface area contributed by atoms with Gasteiger partial charge in [-0.2, -0.15) is 0 Å². The number of rotatable bonds is 9. The lowest BCUT2D eigenvalue weighted by molar-refractivity contribution is -0.145. The Balaban J connectivity index is 1.49. The van der Waals surface area contributed by atoms with Crippen LogP contribution in [-0.2, 0) is 16.1 Å². The summed E-state index contributed by atoms with van der Waals surface area (Å²) in [6.45, 7) is 0.454. The number of methoxy groups -OCH3 is 1. The van der Waals surface area contributed by atoms with Crippen LogP contribution in [0.5, 0.6) is 5.75 Å². The van der Waals surface area contributed by atoms with Gasteiger partial charge in [0, 0.05) is 5.69 Å². The third-order valence-corrected chi connectivity index (χ3v) is 6.08. The van der Waals surface area contributed by atoms with Crippen LogP contribution in [0.1, 0.15) is 31.5 Å². The van der Waals surface area contributed by atoms with E-state index in [4.69, 9.17) is 9.47 Å². The Morgan fingerprint density at radius 1 is 1.10 bits per heavy atom. The highest BCUT2D eigenvalue weighted by atomic mass is 32.2. The maximum Gasteiger partial charge on any atom is 0.316 e. The molecule has 0 saturated heterocycles. The van der Waals surface area contributed by atoms with Crippen LogP contribution in [0.25, 0.3) is 5.69 Å². The number of aromatic nitrogens is 3. The van der Waals surface area contributed by atoms with E-state index in [2.05, 4.69) is 15.5 Å². The average molecular weight is 439 g/mol. The standard InChI is InChI=1S/C23H26N4O3S/c1-29-20-14-8-7-13-19(20)24-15-21-25-26-23(27(21)17-9-3-2-4-10-17)31-16-22(28)30-18-11-5-6-12-18/h2-4,7-10,13-14,18,24H,5-6,11-12,15-16H2,1H3. The molecule has 0 unspecified atom stereocenters. The minimum atomic E-state index is -0.201. The highest BCUT2D eigenvalue weighted by Crippen LogP contribution is 2.27. The highest BCUT2D eigenvalue weighted by Gasteiger charge is 2.21. The van der Waals surface area contributed by atoms with Gasteiger partial charge in [-0.3, -0.25) is 9.36 Å². The fourth-order valence-corrected chi connectivity index (χ4v) is 4.41. The molecule has 31 heavy (non-hydrogen) atoms. The Bertz CT molecular complexity index is 1000. The van der Waals surface area contributed by atoms with Crippen LogP contribution >= 0.6 is 11.8 Å². The normalized spacial score (nSPS) is 13.8. The molecule has 7 nitrogen and oxygen atoms in total. The van der Waals surface area contributed by atoms with Crippen molar-refractivity contribution < 1.29 is 14.3 Å². The number of hydrogen-bond donors (Lipinski definition) is 1. The fourth-order valence-electron chi connectivity index (χ4n) is 3.66. The van der Waals surface area contributed by atoms with E-state index in [9.17, 15) is 4.79 Å². The highest BCUT2D eigenvalue weighted by molar-refractivity contribution is 7.99. The van der Waals surface area contributed by atoms with Gasteiger partial charge in [0.25, 0.3) is 0 Å². The molecule has 1 N–H and O–H groups in total. The number of hydrogen-bond acceptors (Lipinski definition) is 7. The van der Waals surface area contributed by atoms with Gasteiger partial charge in [-0.05, 0) is 49.9 Å². The Kier molecular flexibility index (Phi) is 7.09. The van der Waals surface area contributed by atoms with Gasteiger partial charge in [0.2, 0.25) is 0 Å². The number of nitrogens with one attached hydrogen (secondary N) is 1. The molecule has 8 heteroatoms. The van der Waals surface area contributed by atoms with Crippen LogP contribution in [0, 0.1) is 0 Å². The molecule has 1 saturated carbocycles. The molecule has 2 aromatic carbocycles. The molecule has 0 bridgehead atoms. The summed E-state index contributed by atoms with van der Waals surface area (Å²) in [4.78, 5) is 12.3. The van der Waals surface area contributed by atoms with Gasteiger partial charge in [-0.25, -0.2) is 0 Å². The molecule has 0 aliphatic heterocycles. The summed E-state index contributed by atoms with van der Waals surface area (Å²) < 4.78 is 13.0. The van der Waals surface area contributed by atoms with Crippen LogP contribution in [0.2, 0.25) is 0 Å². The number of carbonyl (C=O) groups excluding carboxylic acids is 1. The number of thioether (sulfide) groups is 1. The Morgan fingerprint density at radius 2 is 1.84 bits per heavy atom. The van der Waals surface area contributed by atoms with E-state index >= 15 is 0 Å². The fraction of sp³-hybridized carbons (Fsp3) is 0.348. The quantitative estimate of drug-likeness (QED) is 0.390. The van der Waals surface area contributed by atoms with Gasteiger partial charge in [-0.15, -0.1) is 10.2 Å². The van der Waals surface area contributed by atoms with Crippen molar-refractivity contribution in [1.29, 1.82) is 0 Å². The zero-order valence-electron chi connectivity index (χ0n) is 17.5. The summed E-state index contributed by atoms with van der Waals surface area (Å²) in [7, 11) is 1.65. The first-order chi connectivity index (χ1) is 15.2. The molecule has 4 rings (SSSR count). The molecule has 0 atom stereocenters. The molecule has 162 valence electrons. The van der Waals surface area contributed by atoms with E-state index in [1.165, 1.54) is 11.8 Å². The molecule has 1 aromatic heterocycles. The second-order valence-electron chi connectivity index (χ2n) is 7.31. The Labute approximate surface area is 186 Å². The van der Waals surface area contributed by atoms with E-state index in [-0.39, 0.29) is 17.8 Å². The summed E-state index contributed by atoms with van der Waals surface area (Å²) in [6.07, 6.45) is 4.28. The lowest BCUT2D eigenvalue weighted by Crippen LogP contribution is -2.16. The Hall–Kier alpha value is -3.00. The second-order valence-corrected chi connectivity index (χ2v) is 8.25. The number of anilines is 1. The SMILES string of the molecule is COc1ccccc1NCc1nnc(SCC(=O)OC2CCCC2)n1-c1ccccc1. The van der Waals surface area contributed by atoms with Crippen molar-refractivity contribution in [3.05, 3.63) is 60.4 Å². The van der Waals surface area contributed by atoms with Crippen molar-refractivity contribution in [3.8, 4) is 11.4 Å². The maximum absolute atomic E-state index is 12.3. The van der Waals surface area contributed by atoms with Crippen LogP contribution in [-0.4, -0.2) is 39.7 Å². The van der Waals surface area contributed by atoms with Gasteiger partial charge in [0.15, 0.2) is 11.0 Å². The smallest absolute Gasteiger partial charge is 0.316 e. The summed E-state index contributed by atoms with van der Waals surface area (Å²) in [5, 5.41) is 12.8. The molecular weight excluding hydrogens is 412 g/mol. The molecule has 1 fully saturated rings. The number of benzene rings is 2. The van der Waals surface area contributed by atoms with Crippen LogP contribution in [0.4, 0.5) is 5.69 Å². The van der Waals surface area contributed by atoms with Crippen LogP contribution in [0.3, 0.4) is 0 Å². The van der Waals surface area contributed by atoms with Gasteiger partial charge >= 0.3 is 5.97 Å². The summed E-state index contributed by atoms with van der Waals surface area (Å²) >= 11 is 1.35. The van der Waals surface area contributed by atoms with Crippen molar-refractivity contribution >= 4 is 23.4 Å². The van der Waals surface area contributed by atoms with Crippen LogP contribution in [0.15, 0.2) is 59.8 Å². The molecule has 3 aromatic rings. The lowest BCUT2D eigenvalue weighted by Gasteiger charge is -2.13. The van der Waals surface area contributed by atoms with Gasteiger partial charge < -0.3 is 14.8 Å². The first kappa shape index (κ1) is 21.2. The van der Waals surface area contributed by atoms with Crippen molar-refractivity contribution in [3.63, 3.8) is 0 Å². The molecule has 0 radical (unpaired) electrons. The third-order valence-electron chi connectivity index (χ3n) is 5.18. The van der Waals surface area contributed by atoms with Gasteiger partial charge in [0.1, 0.15) is 11.9 Å². The largest absolute Gasteiger partial charge is 0.495 e. The predicted molar refractivity (Wildman–Crippen MR) is 121 cm³/mol. The minimum absolute atomic E-state index is 0.0701. The minimum Gasteiger partial charge on any atom is -0.495 e. The van der Waals surface area contributed by atoms with E-state index in [0.29, 0.717) is 11.7 Å². The zero-order valence-corrected chi connectivity index (χ0v) is 18.3. The zero-order chi connectivity index (χ0) is 21.5. The third kappa shape index (κ3) is 5.38. The van der Waals surface area contributed by atoms with Crippen molar-refractivity contribution in [2.45, 2.75) is 43.5 Å². The molecule has 1 heterocycles. The topological polar surface area (TPSA) is 78.3 Å². The van der Waals surface area contributed by atoms with Crippen molar-refractivity contribution in [1.82, 2.24) is 14.8 Å². The van der Waals surface area contributed by atoms with E-state index < -0.39 is 0 Å². The molecule has 0 spiro atoms. The van der Waals surface area contributed by atoms with E-state index in [1.54, 1.807) is 7.11 Å². The van der Waals surface area contributed by atoms with Crippen molar-refractivity contribution in [2.24, 2.45) is 0 Å². The summed E-state index contributed by atoms with van der Waals surface area (Å²) in [5.41, 5.74) is 1.82. The number of nitrogens with zero attached hydrogens (tertiary/aromatic N) is 3. The average Bonchev–Trinajstić information content (AvgIpc) is 3.46. The number of esters is 1. The van der Waals surface area contributed by atoms with Crippen LogP contribution < -0.4 is 10.1 Å². The molecule has 1 aliphatic carbocycles. The molecule has 0 amide bonds. The monoisotopic (exact) mass is 438 g/mol. The second kappa shape index (κ2) is 10.3. The van der Waals surface area contributed by atoms with Gasteiger partial charge in [0.05, 0.1) is 25.1 Å². The molecule has 1 aliphatic rings. The first-order valence-electron chi connectivity index (χ1n) is 10.4. The Morgan fingerprint density at radius 3 is 2.61 bits per heavy atom. The first-order valence-corrected chi connectivity index (χ1v) is 11.4. The number of para-hydroxylation sites is 3. The van der Waals surface area contributed by atoms with E-state index in [0.717, 1.165) is 48.6 Å². The predicted octanol–water partition coefficient (Wildman–Crippen LogP) is 4.47. The van der Waals surface area contributed by atoms with Crippen molar-refractivity contribution in [2.75, 3.05) is 18.2 Å². The number of ether oxygens (including phenoxy) is 2. The van der Waals surface area contributed by atoms with E-state index in [1.807, 2.05) is 59.2 Å².